The fraction of sp³-hybridized carbons (Fsp3) is 0.214. The van der Waals surface area contributed by atoms with E-state index in [-0.39, 0.29) is 10.6 Å². The molecule has 0 unspecified atom stereocenters. The first-order valence-electron chi connectivity index (χ1n) is 6.11. The molecule has 0 radical (unpaired) electrons. The third kappa shape index (κ3) is 3.49. The standard InChI is InChI=1S/C14H15FN2O3S/c1-9-5-12(20-2)7-11(17-9)8-21(18,19)14-4-3-10(16)6-13(14)15/h3-7H,8,16H2,1-2H3. The molecule has 1 aromatic carbocycles. The van der Waals surface area contributed by atoms with Crippen LogP contribution in [0.4, 0.5) is 10.1 Å². The second kappa shape index (κ2) is 5.69. The van der Waals surface area contributed by atoms with Crippen LogP contribution in [0.15, 0.2) is 35.2 Å². The number of hydrogen-bond acceptors (Lipinski definition) is 5. The van der Waals surface area contributed by atoms with Gasteiger partial charge in [-0.15, -0.1) is 0 Å². The first-order chi connectivity index (χ1) is 9.81. The minimum Gasteiger partial charge on any atom is -0.497 e. The number of rotatable bonds is 4. The van der Waals surface area contributed by atoms with Crippen molar-refractivity contribution in [2.24, 2.45) is 0 Å². The van der Waals surface area contributed by atoms with Gasteiger partial charge in [-0.2, -0.15) is 0 Å². The Hall–Kier alpha value is -2.15. The number of nitrogen functional groups attached to an aromatic ring is 1. The minimum atomic E-state index is -3.85. The second-order valence-corrected chi connectivity index (χ2v) is 6.55. The van der Waals surface area contributed by atoms with Gasteiger partial charge in [-0.05, 0) is 25.1 Å². The second-order valence-electron chi connectivity index (χ2n) is 4.59. The Labute approximate surface area is 122 Å². The van der Waals surface area contributed by atoms with Crippen LogP contribution in [0, 0.1) is 12.7 Å². The predicted octanol–water partition coefficient (Wildman–Crippen LogP) is 2.09. The monoisotopic (exact) mass is 310 g/mol. The highest BCUT2D eigenvalue weighted by Crippen LogP contribution is 2.22. The molecule has 0 aliphatic carbocycles. The van der Waals surface area contributed by atoms with Crippen LogP contribution >= 0.6 is 0 Å². The van der Waals surface area contributed by atoms with Crippen LogP contribution in [0.25, 0.3) is 0 Å². The number of pyridine rings is 1. The molecule has 0 saturated carbocycles. The number of hydrogen-bond donors (Lipinski definition) is 1. The highest BCUT2D eigenvalue weighted by Gasteiger charge is 2.21. The van der Waals surface area contributed by atoms with Gasteiger partial charge in [0, 0.05) is 23.5 Å². The van der Waals surface area contributed by atoms with Gasteiger partial charge in [0.2, 0.25) is 0 Å². The summed E-state index contributed by atoms with van der Waals surface area (Å²) in [5.74, 6) is -0.772. The molecule has 21 heavy (non-hydrogen) atoms. The summed E-state index contributed by atoms with van der Waals surface area (Å²) in [5.41, 5.74) is 6.50. The molecule has 1 heterocycles. The zero-order valence-corrected chi connectivity index (χ0v) is 12.4. The molecular formula is C14H15FN2O3S. The third-order valence-electron chi connectivity index (χ3n) is 2.84. The SMILES string of the molecule is COc1cc(C)nc(CS(=O)(=O)c2ccc(N)cc2F)c1. The molecule has 112 valence electrons. The predicted molar refractivity (Wildman–Crippen MR) is 77.2 cm³/mol. The van der Waals surface area contributed by atoms with Crippen molar-refractivity contribution in [1.82, 2.24) is 4.98 Å². The molecule has 2 N–H and O–H groups in total. The van der Waals surface area contributed by atoms with Crippen molar-refractivity contribution in [3.8, 4) is 5.75 Å². The maximum atomic E-state index is 13.8. The maximum absolute atomic E-state index is 13.8. The van der Waals surface area contributed by atoms with Crippen LogP contribution in [0.5, 0.6) is 5.75 Å². The topological polar surface area (TPSA) is 82.3 Å². The van der Waals surface area contributed by atoms with Crippen LogP contribution in [0.1, 0.15) is 11.4 Å². The van der Waals surface area contributed by atoms with Crippen molar-refractivity contribution in [1.29, 1.82) is 0 Å². The fourth-order valence-corrected chi connectivity index (χ4v) is 3.26. The van der Waals surface area contributed by atoms with E-state index in [4.69, 9.17) is 10.5 Å². The Morgan fingerprint density at radius 1 is 1.29 bits per heavy atom. The van der Waals surface area contributed by atoms with Gasteiger partial charge in [-0.3, -0.25) is 4.98 Å². The molecule has 2 aromatic rings. The lowest BCUT2D eigenvalue weighted by molar-refractivity contribution is 0.413. The molecule has 0 aliphatic heterocycles. The number of aryl methyl sites for hydroxylation is 1. The Kier molecular flexibility index (Phi) is 4.13. The van der Waals surface area contributed by atoms with E-state index in [1.165, 1.54) is 19.2 Å². The zero-order chi connectivity index (χ0) is 15.6. The highest BCUT2D eigenvalue weighted by atomic mass is 32.2. The van der Waals surface area contributed by atoms with E-state index >= 15 is 0 Å². The largest absolute Gasteiger partial charge is 0.497 e. The first kappa shape index (κ1) is 15.2. The lowest BCUT2D eigenvalue weighted by Gasteiger charge is -2.08. The fourth-order valence-electron chi connectivity index (χ4n) is 1.94. The van der Waals surface area contributed by atoms with E-state index in [0.717, 1.165) is 12.1 Å². The molecule has 1 aromatic heterocycles. The summed E-state index contributed by atoms with van der Waals surface area (Å²) < 4.78 is 43.4. The molecule has 0 saturated heterocycles. The first-order valence-corrected chi connectivity index (χ1v) is 7.76. The quantitative estimate of drug-likeness (QED) is 0.874. The number of anilines is 1. The summed E-state index contributed by atoms with van der Waals surface area (Å²) in [6.45, 7) is 1.72. The molecule has 7 heteroatoms. The van der Waals surface area contributed by atoms with Crippen LogP contribution in [0.2, 0.25) is 0 Å². The Balaban J connectivity index is 2.39. The Morgan fingerprint density at radius 2 is 2.00 bits per heavy atom. The lowest BCUT2D eigenvalue weighted by atomic mass is 10.3. The van der Waals surface area contributed by atoms with Gasteiger partial charge in [-0.1, -0.05) is 0 Å². The number of benzene rings is 1. The molecule has 0 amide bonds. The van der Waals surface area contributed by atoms with Crippen molar-refractivity contribution < 1.29 is 17.5 Å². The van der Waals surface area contributed by atoms with E-state index in [2.05, 4.69) is 4.98 Å². The third-order valence-corrected chi connectivity index (χ3v) is 4.52. The van der Waals surface area contributed by atoms with Gasteiger partial charge in [0.25, 0.3) is 0 Å². The van der Waals surface area contributed by atoms with Crippen LogP contribution < -0.4 is 10.5 Å². The van der Waals surface area contributed by atoms with E-state index in [1.807, 2.05) is 0 Å². The average Bonchev–Trinajstić information content (AvgIpc) is 2.36. The van der Waals surface area contributed by atoms with E-state index < -0.39 is 21.4 Å². The van der Waals surface area contributed by atoms with Crippen molar-refractivity contribution >= 4 is 15.5 Å². The molecule has 5 nitrogen and oxygen atoms in total. The van der Waals surface area contributed by atoms with E-state index in [9.17, 15) is 12.8 Å². The zero-order valence-electron chi connectivity index (χ0n) is 11.6. The molecule has 0 spiro atoms. The molecule has 0 aliphatic rings. The van der Waals surface area contributed by atoms with Gasteiger partial charge in [0.05, 0.1) is 18.6 Å². The van der Waals surface area contributed by atoms with Crippen molar-refractivity contribution in [3.05, 3.63) is 47.5 Å². The minimum absolute atomic E-state index is 0.168. The Bertz CT molecular complexity index is 776. The van der Waals surface area contributed by atoms with Gasteiger partial charge >= 0.3 is 0 Å². The number of nitrogens with zero attached hydrogens (tertiary/aromatic N) is 1. The number of sulfone groups is 1. The lowest BCUT2D eigenvalue weighted by Crippen LogP contribution is -2.09. The molecular weight excluding hydrogens is 295 g/mol. The highest BCUT2D eigenvalue weighted by molar-refractivity contribution is 7.90. The number of ether oxygens (including phenoxy) is 1. The maximum Gasteiger partial charge on any atom is 0.186 e. The Morgan fingerprint density at radius 3 is 2.62 bits per heavy atom. The van der Waals surface area contributed by atoms with Crippen molar-refractivity contribution in [3.63, 3.8) is 0 Å². The van der Waals surface area contributed by atoms with E-state index in [1.54, 1.807) is 13.0 Å². The summed E-state index contributed by atoms with van der Waals surface area (Å²) >= 11 is 0. The van der Waals surface area contributed by atoms with Crippen LogP contribution in [0.3, 0.4) is 0 Å². The smallest absolute Gasteiger partial charge is 0.186 e. The normalized spacial score (nSPS) is 11.4. The number of halogens is 1. The molecule has 0 bridgehead atoms. The van der Waals surface area contributed by atoms with Crippen molar-refractivity contribution in [2.75, 3.05) is 12.8 Å². The van der Waals surface area contributed by atoms with Gasteiger partial charge < -0.3 is 10.5 Å². The van der Waals surface area contributed by atoms with E-state index in [0.29, 0.717) is 17.1 Å². The number of nitrogens with two attached hydrogens (primary N) is 1. The summed E-state index contributed by atoms with van der Waals surface area (Å²) in [6.07, 6.45) is 0. The summed E-state index contributed by atoms with van der Waals surface area (Å²) in [7, 11) is -2.37. The van der Waals surface area contributed by atoms with Gasteiger partial charge in [0.15, 0.2) is 9.84 Å². The summed E-state index contributed by atoms with van der Waals surface area (Å²) in [6, 6.07) is 6.68. The number of methoxy groups -OCH3 is 1. The molecule has 0 fully saturated rings. The summed E-state index contributed by atoms with van der Waals surface area (Å²) in [4.78, 5) is 3.74. The van der Waals surface area contributed by atoms with Gasteiger partial charge in [-0.25, -0.2) is 12.8 Å². The summed E-state index contributed by atoms with van der Waals surface area (Å²) in [5, 5.41) is 0. The molecule has 2 rings (SSSR count). The van der Waals surface area contributed by atoms with Crippen LogP contribution in [-0.4, -0.2) is 20.5 Å². The number of aromatic nitrogens is 1. The molecule has 0 atom stereocenters. The van der Waals surface area contributed by atoms with Crippen LogP contribution in [-0.2, 0) is 15.6 Å². The average molecular weight is 310 g/mol. The van der Waals surface area contributed by atoms with Crippen molar-refractivity contribution in [2.45, 2.75) is 17.6 Å². The van der Waals surface area contributed by atoms with Gasteiger partial charge in [0.1, 0.15) is 16.5 Å².